The van der Waals surface area contributed by atoms with Gasteiger partial charge in [0.15, 0.2) is 0 Å². The highest BCUT2D eigenvalue weighted by molar-refractivity contribution is 7.99. The second kappa shape index (κ2) is 8.96. The van der Waals surface area contributed by atoms with Crippen molar-refractivity contribution in [2.75, 3.05) is 11.1 Å². The highest BCUT2D eigenvalue weighted by Gasteiger charge is 2.14. The highest BCUT2D eigenvalue weighted by Crippen LogP contribution is 2.24. The zero-order chi connectivity index (χ0) is 22.8. The number of halogens is 1. The van der Waals surface area contributed by atoms with Gasteiger partial charge in [-0.25, -0.2) is 14.0 Å². The Morgan fingerprint density at radius 3 is 2.62 bits per heavy atom. The van der Waals surface area contributed by atoms with E-state index in [2.05, 4.69) is 34.5 Å². The number of nitrogens with zero attached hydrogens (tertiary/aromatic N) is 3. The Morgan fingerprint density at radius 1 is 1.19 bits per heavy atom. The molecule has 4 aromatic rings. The summed E-state index contributed by atoms with van der Waals surface area (Å²) in [7, 11) is 0. The summed E-state index contributed by atoms with van der Waals surface area (Å²) < 4.78 is 15.1. The molecule has 164 valence electrons. The minimum atomic E-state index is -0.384. The smallest absolute Gasteiger partial charge is 0.290 e. The summed E-state index contributed by atoms with van der Waals surface area (Å²) in [6, 6.07) is 14.2. The Balaban J connectivity index is 1.54. The van der Waals surface area contributed by atoms with Crippen LogP contribution in [0.25, 0.3) is 16.8 Å². The zero-order valence-corrected chi connectivity index (χ0v) is 18.7. The summed E-state index contributed by atoms with van der Waals surface area (Å²) in [5.74, 6) is -0.272. The third kappa shape index (κ3) is 4.57. The second-order valence-corrected chi connectivity index (χ2v) is 8.68. The van der Waals surface area contributed by atoms with E-state index in [9.17, 15) is 14.0 Å². The molecular weight excluding hydrogens is 429 g/mol. The minimum Gasteiger partial charge on any atom is -0.325 e. The molecular formula is C23H22FN5O2S. The number of carbonyl (C=O) groups excluding carboxylic acids is 1. The van der Waals surface area contributed by atoms with Gasteiger partial charge in [-0.2, -0.15) is 5.10 Å². The van der Waals surface area contributed by atoms with Crippen LogP contribution in [-0.4, -0.2) is 31.5 Å². The topological polar surface area (TPSA) is 92.1 Å². The van der Waals surface area contributed by atoms with E-state index in [1.165, 1.54) is 16.1 Å². The number of aromatic nitrogens is 4. The molecule has 2 aromatic carbocycles. The van der Waals surface area contributed by atoms with Gasteiger partial charge in [0.2, 0.25) is 11.1 Å². The molecule has 1 amide bonds. The molecule has 2 heterocycles. The molecule has 4 rings (SSSR count). The van der Waals surface area contributed by atoms with Crippen LogP contribution >= 0.6 is 11.8 Å². The van der Waals surface area contributed by atoms with E-state index >= 15 is 0 Å². The van der Waals surface area contributed by atoms with Gasteiger partial charge in [-0.1, -0.05) is 55.9 Å². The van der Waals surface area contributed by atoms with Gasteiger partial charge in [-0.05, 0) is 42.2 Å². The highest BCUT2D eigenvalue weighted by atomic mass is 32.2. The van der Waals surface area contributed by atoms with Gasteiger partial charge in [0, 0.05) is 11.3 Å². The molecule has 0 spiro atoms. The number of aryl methyl sites for hydroxylation is 1. The van der Waals surface area contributed by atoms with Crippen molar-refractivity contribution in [1.82, 2.24) is 19.8 Å². The molecule has 9 heteroatoms. The number of H-pyrrole nitrogens is 1. The third-order valence-electron chi connectivity index (χ3n) is 5.04. The normalized spacial score (nSPS) is 11.3. The summed E-state index contributed by atoms with van der Waals surface area (Å²) in [6.45, 7) is 5.90. The Kier molecular flexibility index (Phi) is 6.09. The Labute approximate surface area is 188 Å². The second-order valence-electron chi connectivity index (χ2n) is 7.74. The molecule has 32 heavy (non-hydrogen) atoms. The van der Waals surface area contributed by atoms with Crippen LogP contribution in [0.5, 0.6) is 0 Å². The van der Waals surface area contributed by atoms with E-state index in [0.717, 1.165) is 17.3 Å². The SMILES string of the molecule is Cc1ccc(NC(=O)CSc2n[nH]c(=O)c3cc(-c4ccc(C(C)C)cc4)nn23)cc1F. The number of aromatic amines is 1. The lowest BCUT2D eigenvalue weighted by Gasteiger charge is -2.06. The van der Waals surface area contributed by atoms with Crippen LogP contribution in [0.2, 0.25) is 0 Å². The maximum absolute atomic E-state index is 13.7. The van der Waals surface area contributed by atoms with E-state index in [1.807, 2.05) is 24.3 Å². The molecule has 7 nitrogen and oxygen atoms in total. The van der Waals surface area contributed by atoms with Gasteiger partial charge in [-0.15, -0.1) is 5.10 Å². The number of anilines is 1. The maximum Gasteiger partial charge on any atom is 0.290 e. The van der Waals surface area contributed by atoms with Crippen molar-refractivity contribution in [3.8, 4) is 11.3 Å². The first-order valence-electron chi connectivity index (χ1n) is 10.1. The van der Waals surface area contributed by atoms with Gasteiger partial charge in [0.05, 0.1) is 11.4 Å². The van der Waals surface area contributed by atoms with Crippen molar-refractivity contribution in [3.05, 3.63) is 75.8 Å². The van der Waals surface area contributed by atoms with Gasteiger partial charge >= 0.3 is 0 Å². The standard InChI is InChI=1S/C23H22FN5O2S/c1-13(2)15-5-7-16(8-6-15)19-11-20-22(31)26-27-23(29(20)28-19)32-12-21(30)25-17-9-4-14(3)18(24)10-17/h4-11,13H,12H2,1-3H3,(H,25,30)(H,26,31). The number of benzene rings is 2. The van der Waals surface area contributed by atoms with E-state index in [4.69, 9.17) is 0 Å². The maximum atomic E-state index is 13.7. The van der Waals surface area contributed by atoms with E-state index < -0.39 is 0 Å². The van der Waals surface area contributed by atoms with Crippen molar-refractivity contribution < 1.29 is 9.18 Å². The van der Waals surface area contributed by atoms with Gasteiger partial charge in [0.25, 0.3) is 5.56 Å². The number of amides is 1. The molecule has 0 unspecified atom stereocenters. The molecule has 0 aliphatic heterocycles. The molecule has 0 radical (unpaired) electrons. The lowest BCUT2D eigenvalue weighted by Crippen LogP contribution is -2.17. The zero-order valence-electron chi connectivity index (χ0n) is 17.8. The Morgan fingerprint density at radius 2 is 1.94 bits per heavy atom. The van der Waals surface area contributed by atoms with Gasteiger partial charge in [-0.3, -0.25) is 9.59 Å². The van der Waals surface area contributed by atoms with Gasteiger partial charge < -0.3 is 5.32 Å². The van der Waals surface area contributed by atoms with Crippen LogP contribution < -0.4 is 10.9 Å². The lowest BCUT2D eigenvalue weighted by atomic mass is 10.0. The first-order chi connectivity index (χ1) is 15.3. The number of hydrogen-bond acceptors (Lipinski definition) is 5. The predicted molar refractivity (Wildman–Crippen MR) is 124 cm³/mol. The quantitative estimate of drug-likeness (QED) is 0.424. The van der Waals surface area contributed by atoms with Crippen molar-refractivity contribution in [2.24, 2.45) is 0 Å². The fourth-order valence-electron chi connectivity index (χ4n) is 3.16. The largest absolute Gasteiger partial charge is 0.325 e. The van der Waals surface area contributed by atoms with Crippen LogP contribution in [-0.2, 0) is 4.79 Å². The van der Waals surface area contributed by atoms with Crippen LogP contribution in [0.15, 0.2) is 58.5 Å². The molecule has 0 saturated heterocycles. The summed E-state index contributed by atoms with van der Waals surface area (Å²) >= 11 is 1.12. The third-order valence-corrected chi connectivity index (χ3v) is 5.97. The van der Waals surface area contributed by atoms with Crippen LogP contribution in [0.3, 0.4) is 0 Å². The first-order valence-corrected chi connectivity index (χ1v) is 11.1. The van der Waals surface area contributed by atoms with Crippen molar-refractivity contribution in [3.63, 3.8) is 0 Å². The number of carbonyl (C=O) groups is 1. The summed E-state index contributed by atoms with van der Waals surface area (Å²) in [5, 5.41) is 14.1. The number of nitrogens with one attached hydrogen (secondary N) is 2. The fraction of sp³-hybridized carbons (Fsp3) is 0.217. The van der Waals surface area contributed by atoms with Crippen LogP contribution in [0.4, 0.5) is 10.1 Å². The summed E-state index contributed by atoms with van der Waals surface area (Å²) in [6.07, 6.45) is 0. The lowest BCUT2D eigenvalue weighted by molar-refractivity contribution is -0.113. The van der Waals surface area contributed by atoms with Crippen molar-refractivity contribution in [1.29, 1.82) is 0 Å². The molecule has 2 aromatic heterocycles. The molecule has 0 aliphatic carbocycles. The molecule has 0 saturated carbocycles. The van der Waals surface area contributed by atoms with E-state index in [0.29, 0.717) is 33.5 Å². The van der Waals surface area contributed by atoms with Crippen molar-refractivity contribution in [2.45, 2.75) is 31.8 Å². The number of thioether (sulfide) groups is 1. The summed E-state index contributed by atoms with van der Waals surface area (Å²) in [5.41, 5.74) is 3.59. The summed E-state index contributed by atoms with van der Waals surface area (Å²) in [4.78, 5) is 24.6. The van der Waals surface area contributed by atoms with Crippen LogP contribution in [0, 0.1) is 12.7 Å². The predicted octanol–water partition coefficient (Wildman–Crippen LogP) is 4.39. The first kappa shape index (κ1) is 21.8. The van der Waals surface area contributed by atoms with E-state index in [1.54, 1.807) is 25.1 Å². The number of fused-ring (bicyclic) bond motifs is 1. The average Bonchev–Trinajstić information content (AvgIpc) is 3.22. The average molecular weight is 452 g/mol. The van der Waals surface area contributed by atoms with E-state index in [-0.39, 0.29) is 23.0 Å². The number of rotatable bonds is 6. The van der Waals surface area contributed by atoms with Crippen LogP contribution in [0.1, 0.15) is 30.9 Å². The monoisotopic (exact) mass is 451 g/mol. The Hall–Kier alpha value is -3.46. The fourth-order valence-corrected chi connectivity index (χ4v) is 3.87. The molecule has 0 fully saturated rings. The minimum absolute atomic E-state index is 0.0158. The van der Waals surface area contributed by atoms with Crippen molar-refractivity contribution >= 4 is 28.9 Å². The Bertz CT molecular complexity index is 1350. The molecule has 2 N–H and O–H groups in total. The van der Waals surface area contributed by atoms with Gasteiger partial charge in [0.1, 0.15) is 11.3 Å². The number of hydrogen-bond donors (Lipinski definition) is 2. The molecule has 0 aliphatic rings. The molecule has 0 bridgehead atoms. The molecule has 0 atom stereocenters.